The Morgan fingerprint density at radius 2 is 2.33 bits per heavy atom. The fraction of sp³-hybridized carbons (Fsp3) is 0.308. The average Bonchev–Trinajstić information content (AvgIpc) is 2.80. The van der Waals surface area contributed by atoms with Crippen LogP contribution < -0.4 is 11.1 Å². The predicted molar refractivity (Wildman–Crippen MR) is 75.1 cm³/mol. The highest BCUT2D eigenvalue weighted by Gasteiger charge is 2.12. The van der Waals surface area contributed by atoms with Gasteiger partial charge in [-0.3, -0.25) is 4.79 Å². The van der Waals surface area contributed by atoms with Crippen LogP contribution in [0.3, 0.4) is 0 Å². The molecule has 96 valence electrons. The summed E-state index contributed by atoms with van der Waals surface area (Å²) in [6.07, 6.45) is 0. The van der Waals surface area contributed by atoms with Crippen LogP contribution in [-0.2, 0) is 4.74 Å². The van der Waals surface area contributed by atoms with Crippen molar-refractivity contribution in [1.82, 2.24) is 5.32 Å². The third kappa shape index (κ3) is 2.63. The Hall–Kier alpha value is -1.59. The van der Waals surface area contributed by atoms with E-state index in [-0.39, 0.29) is 5.91 Å². The maximum Gasteiger partial charge on any atom is 0.252 e. The molecule has 0 aliphatic rings. The van der Waals surface area contributed by atoms with Gasteiger partial charge in [-0.15, -0.1) is 11.3 Å². The van der Waals surface area contributed by atoms with Crippen LogP contribution in [0.25, 0.3) is 10.1 Å². The van der Waals surface area contributed by atoms with Crippen molar-refractivity contribution in [1.29, 1.82) is 0 Å². The number of fused-ring (bicyclic) bond motifs is 1. The van der Waals surface area contributed by atoms with Gasteiger partial charge in [-0.05, 0) is 13.0 Å². The van der Waals surface area contributed by atoms with Crippen LogP contribution in [0, 0.1) is 0 Å². The van der Waals surface area contributed by atoms with Crippen molar-refractivity contribution in [3.63, 3.8) is 0 Å². The van der Waals surface area contributed by atoms with E-state index in [0.717, 1.165) is 10.1 Å². The number of thiophene rings is 1. The number of nitrogens with one attached hydrogen (secondary N) is 1. The molecule has 4 nitrogen and oxygen atoms in total. The molecule has 0 fully saturated rings. The second-order valence-electron chi connectivity index (χ2n) is 3.83. The standard InChI is InChI=1S/C13H16N2O2S/c1-2-17-7-6-15-13(16)10-8-18-12-9(10)4-3-5-11(12)14/h3-5,8H,2,6-7,14H2,1H3,(H,15,16). The highest BCUT2D eigenvalue weighted by atomic mass is 32.1. The number of rotatable bonds is 5. The number of ether oxygens (including phenoxy) is 1. The van der Waals surface area contributed by atoms with E-state index in [1.165, 1.54) is 11.3 Å². The molecule has 0 saturated heterocycles. The Morgan fingerprint density at radius 3 is 3.11 bits per heavy atom. The van der Waals surface area contributed by atoms with Gasteiger partial charge in [0.15, 0.2) is 0 Å². The number of hydrogen-bond acceptors (Lipinski definition) is 4. The van der Waals surface area contributed by atoms with E-state index >= 15 is 0 Å². The van der Waals surface area contributed by atoms with Crippen molar-refractivity contribution in [3.05, 3.63) is 29.1 Å². The summed E-state index contributed by atoms with van der Waals surface area (Å²) in [5.74, 6) is -0.0773. The first-order valence-corrected chi connectivity index (χ1v) is 6.73. The largest absolute Gasteiger partial charge is 0.398 e. The summed E-state index contributed by atoms with van der Waals surface area (Å²) in [6, 6.07) is 5.62. The second-order valence-corrected chi connectivity index (χ2v) is 4.71. The minimum Gasteiger partial charge on any atom is -0.398 e. The molecule has 0 bridgehead atoms. The molecule has 0 saturated carbocycles. The molecule has 0 aliphatic carbocycles. The van der Waals surface area contributed by atoms with Crippen molar-refractivity contribution < 1.29 is 9.53 Å². The number of anilines is 1. The van der Waals surface area contributed by atoms with Crippen LogP contribution in [0.1, 0.15) is 17.3 Å². The van der Waals surface area contributed by atoms with Crippen molar-refractivity contribution in [2.24, 2.45) is 0 Å². The zero-order valence-electron chi connectivity index (χ0n) is 10.2. The smallest absolute Gasteiger partial charge is 0.252 e. The maximum atomic E-state index is 12.0. The van der Waals surface area contributed by atoms with E-state index < -0.39 is 0 Å². The summed E-state index contributed by atoms with van der Waals surface area (Å²) in [5.41, 5.74) is 7.26. The monoisotopic (exact) mass is 264 g/mol. The van der Waals surface area contributed by atoms with E-state index in [4.69, 9.17) is 10.5 Å². The molecule has 1 aromatic heterocycles. The van der Waals surface area contributed by atoms with Gasteiger partial charge in [0.2, 0.25) is 0 Å². The van der Waals surface area contributed by atoms with Crippen LogP contribution >= 0.6 is 11.3 Å². The average molecular weight is 264 g/mol. The number of nitrogens with two attached hydrogens (primary N) is 1. The Kier molecular flexibility index (Phi) is 4.17. The Morgan fingerprint density at radius 1 is 1.50 bits per heavy atom. The lowest BCUT2D eigenvalue weighted by Crippen LogP contribution is -2.27. The van der Waals surface area contributed by atoms with E-state index in [1.807, 2.05) is 30.5 Å². The molecule has 0 atom stereocenters. The zero-order valence-corrected chi connectivity index (χ0v) is 11.0. The lowest BCUT2D eigenvalue weighted by Gasteiger charge is -2.04. The minimum atomic E-state index is -0.0773. The van der Waals surface area contributed by atoms with Crippen molar-refractivity contribution in [3.8, 4) is 0 Å². The molecule has 1 heterocycles. The van der Waals surface area contributed by atoms with Crippen LogP contribution in [0.4, 0.5) is 5.69 Å². The van der Waals surface area contributed by atoms with Crippen molar-refractivity contribution >= 4 is 33.0 Å². The number of amides is 1. The van der Waals surface area contributed by atoms with Gasteiger partial charge in [0, 0.05) is 29.6 Å². The Bertz CT molecular complexity index is 551. The van der Waals surface area contributed by atoms with Gasteiger partial charge < -0.3 is 15.8 Å². The second kappa shape index (κ2) is 5.84. The zero-order chi connectivity index (χ0) is 13.0. The highest BCUT2D eigenvalue weighted by Crippen LogP contribution is 2.30. The quantitative estimate of drug-likeness (QED) is 0.643. The molecule has 18 heavy (non-hydrogen) atoms. The van der Waals surface area contributed by atoms with Gasteiger partial charge in [0.05, 0.1) is 16.9 Å². The third-order valence-electron chi connectivity index (χ3n) is 2.61. The molecule has 2 rings (SSSR count). The fourth-order valence-corrected chi connectivity index (χ4v) is 2.71. The summed E-state index contributed by atoms with van der Waals surface area (Å²) in [6.45, 7) is 3.64. The maximum absolute atomic E-state index is 12.0. The predicted octanol–water partition coefficient (Wildman–Crippen LogP) is 2.25. The third-order valence-corrected chi connectivity index (χ3v) is 3.66. The van der Waals surface area contributed by atoms with Gasteiger partial charge in [-0.1, -0.05) is 12.1 Å². The summed E-state index contributed by atoms with van der Waals surface area (Å²) >= 11 is 1.50. The van der Waals surface area contributed by atoms with Crippen LogP contribution in [0.2, 0.25) is 0 Å². The lowest BCUT2D eigenvalue weighted by molar-refractivity contribution is 0.0924. The van der Waals surface area contributed by atoms with Crippen LogP contribution in [-0.4, -0.2) is 25.7 Å². The van der Waals surface area contributed by atoms with Crippen molar-refractivity contribution in [2.45, 2.75) is 6.92 Å². The van der Waals surface area contributed by atoms with E-state index in [9.17, 15) is 4.79 Å². The first-order chi connectivity index (χ1) is 8.74. The molecular weight excluding hydrogens is 248 g/mol. The SMILES string of the molecule is CCOCCNC(=O)c1csc2c(N)cccc12. The summed E-state index contributed by atoms with van der Waals surface area (Å²) in [5, 5.41) is 5.59. The molecule has 0 radical (unpaired) electrons. The van der Waals surface area contributed by atoms with Crippen LogP contribution in [0.15, 0.2) is 23.6 Å². The summed E-state index contributed by atoms with van der Waals surface area (Å²) < 4.78 is 6.14. The number of carbonyl (C=O) groups is 1. The Labute approximate surface area is 110 Å². The van der Waals surface area contributed by atoms with Gasteiger partial charge >= 0.3 is 0 Å². The highest BCUT2D eigenvalue weighted by molar-refractivity contribution is 7.18. The first-order valence-electron chi connectivity index (χ1n) is 5.85. The molecule has 3 N–H and O–H groups in total. The number of hydrogen-bond donors (Lipinski definition) is 2. The summed E-state index contributed by atoms with van der Waals surface area (Å²) in [4.78, 5) is 12.0. The molecule has 2 aromatic rings. The molecule has 1 aromatic carbocycles. The fourth-order valence-electron chi connectivity index (χ4n) is 1.73. The van der Waals surface area contributed by atoms with Crippen molar-refractivity contribution in [2.75, 3.05) is 25.5 Å². The molecular formula is C13H16N2O2S. The molecule has 0 aliphatic heterocycles. The van der Waals surface area contributed by atoms with Gasteiger partial charge in [0.1, 0.15) is 0 Å². The topological polar surface area (TPSA) is 64.3 Å². The van der Waals surface area contributed by atoms with Gasteiger partial charge in [-0.2, -0.15) is 0 Å². The minimum absolute atomic E-state index is 0.0773. The first kappa shape index (κ1) is 12.9. The number of benzene rings is 1. The van der Waals surface area contributed by atoms with Gasteiger partial charge in [-0.25, -0.2) is 0 Å². The normalized spacial score (nSPS) is 10.7. The molecule has 1 amide bonds. The molecule has 5 heteroatoms. The number of nitrogen functional groups attached to an aromatic ring is 1. The molecule has 0 spiro atoms. The van der Waals surface area contributed by atoms with Crippen LogP contribution in [0.5, 0.6) is 0 Å². The molecule has 0 unspecified atom stereocenters. The summed E-state index contributed by atoms with van der Waals surface area (Å²) in [7, 11) is 0. The van der Waals surface area contributed by atoms with E-state index in [1.54, 1.807) is 0 Å². The van der Waals surface area contributed by atoms with E-state index in [0.29, 0.717) is 31.0 Å². The van der Waals surface area contributed by atoms with Gasteiger partial charge in [0.25, 0.3) is 5.91 Å². The lowest BCUT2D eigenvalue weighted by atomic mass is 10.1. The number of carbonyl (C=O) groups excluding carboxylic acids is 1. The Balaban J connectivity index is 2.11. The van der Waals surface area contributed by atoms with E-state index in [2.05, 4.69) is 5.32 Å².